The fraction of sp³-hybridized carbons (Fsp3) is 0.474. The zero-order valence-electron chi connectivity index (χ0n) is 30.1. The lowest BCUT2D eigenvalue weighted by atomic mass is 10.0. The molecule has 2 aliphatic heterocycles. The van der Waals surface area contributed by atoms with Gasteiger partial charge in [-0.1, -0.05) is 42.5 Å². The Morgan fingerprint density at radius 2 is 1.70 bits per heavy atom. The first-order valence-electron chi connectivity index (χ1n) is 18.3. The molecule has 1 saturated carbocycles. The van der Waals surface area contributed by atoms with E-state index in [0.29, 0.717) is 66.7 Å². The van der Waals surface area contributed by atoms with Crippen LogP contribution in [0.2, 0.25) is 0 Å². The third-order valence-electron chi connectivity index (χ3n) is 9.56. The van der Waals surface area contributed by atoms with Crippen LogP contribution >= 0.6 is 23.1 Å². The molecule has 3 atom stereocenters. The molecule has 13 nitrogen and oxygen atoms in total. The Bertz CT molecular complexity index is 1740. The lowest BCUT2D eigenvalue weighted by Gasteiger charge is -2.35. The van der Waals surface area contributed by atoms with Crippen LogP contribution in [0.25, 0.3) is 11.3 Å². The van der Waals surface area contributed by atoms with E-state index in [0.717, 1.165) is 31.5 Å². The van der Waals surface area contributed by atoms with Crippen molar-refractivity contribution >= 4 is 58.0 Å². The Morgan fingerprint density at radius 1 is 0.962 bits per heavy atom. The van der Waals surface area contributed by atoms with E-state index in [2.05, 4.69) is 25.8 Å². The van der Waals surface area contributed by atoms with E-state index in [9.17, 15) is 24.0 Å². The van der Waals surface area contributed by atoms with Crippen molar-refractivity contribution in [3.8, 4) is 11.3 Å². The second-order valence-electron chi connectivity index (χ2n) is 13.5. The van der Waals surface area contributed by atoms with Crippen molar-refractivity contribution in [2.75, 3.05) is 50.9 Å². The van der Waals surface area contributed by atoms with Gasteiger partial charge in [-0.3, -0.25) is 19.2 Å². The topological polar surface area (TPSA) is 153 Å². The maximum absolute atomic E-state index is 14.7. The number of ether oxygens (including phenoxy) is 1. The van der Waals surface area contributed by atoms with Crippen molar-refractivity contribution in [3.63, 3.8) is 0 Å². The van der Waals surface area contributed by atoms with Crippen LogP contribution < -0.4 is 16.0 Å². The first-order valence-corrected chi connectivity index (χ1v) is 20.2. The van der Waals surface area contributed by atoms with E-state index in [4.69, 9.17) is 4.74 Å². The van der Waals surface area contributed by atoms with Gasteiger partial charge in [0.05, 0.1) is 17.7 Å². The van der Waals surface area contributed by atoms with E-state index in [1.165, 1.54) is 23.1 Å². The van der Waals surface area contributed by atoms with Crippen LogP contribution in [-0.2, 0) is 19.1 Å². The van der Waals surface area contributed by atoms with Crippen LogP contribution in [0.4, 0.5) is 9.93 Å². The number of hydrogen-bond donors (Lipinski definition) is 3. The second kappa shape index (κ2) is 18.0. The van der Waals surface area contributed by atoms with Crippen LogP contribution in [0, 0.1) is 0 Å². The standard InChI is InChI=1S/C38H47N7O6S2/c1-3-51-32(46)12-8-7-11-31-45(36(49)33(26-9-5-4-6-10-26)41-38(50)44-21-19-43(2)20-22-44)30(24-52-31)35(48)42-37-40-29(23-53-37)25-13-15-27(16-14-25)34(47)39-28-17-18-28/h4-6,9-10,13-16,23,28,30-31,33H,3,7-8,11-12,17-22,24H2,1-2H3,(H,39,47)(H,41,50)(H,40,42,48)/t30-,31?,33+/m0/s1. The molecule has 0 spiro atoms. The van der Waals surface area contributed by atoms with Crippen LogP contribution in [0.5, 0.6) is 0 Å². The molecular formula is C38H47N7O6S2. The number of unbranched alkanes of at least 4 members (excludes halogenated alkanes) is 1. The van der Waals surface area contributed by atoms with Crippen molar-refractivity contribution in [1.82, 2.24) is 30.3 Å². The molecule has 1 aromatic heterocycles. The maximum atomic E-state index is 14.7. The van der Waals surface area contributed by atoms with Gasteiger partial charge in [0.1, 0.15) is 12.1 Å². The molecule has 3 aromatic rings. The van der Waals surface area contributed by atoms with Crippen molar-refractivity contribution in [1.29, 1.82) is 0 Å². The molecule has 0 radical (unpaired) electrons. The van der Waals surface area contributed by atoms with Gasteiger partial charge in [0.25, 0.3) is 11.8 Å². The van der Waals surface area contributed by atoms with Crippen molar-refractivity contribution in [3.05, 3.63) is 71.1 Å². The third kappa shape index (κ3) is 10.1. The van der Waals surface area contributed by atoms with E-state index in [1.54, 1.807) is 28.9 Å². The summed E-state index contributed by atoms with van der Waals surface area (Å²) in [7, 11) is 2.01. The van der Waals surface area contributed by atoms with Gasteiger partial charge in [0.15, 0.2) is 5.13 Å². The van der Waals surface area contributed by atoms with E-state index in [1.807, 2.05) is 54.9 Å². The van der Waals surface area contributed by atoms with Crippen LogP contribution in [0.1, 0.15) is 67.4 Å². The predicted octanol–water partition coefficient (Wildman–Crippen LogP) is 4.73. The number of thioether (sulfide) groups is 1. The lowest BCUT2D eigenvalue weighted by Crippen LogP contribution is -2.55. The number of aromatic nitrogens is 1. The van der Waals surface area contributed by atoms with Crippen LogP contribution in [-0.4, -0.2) is 112 Å². The van der Waals surface area contributed by atoms with Gasteiger partial charge >= 0.3 is 12.0 Å². The number of thiazole rings is 1. The predicted molar refractivity (Wildman–Crippen MR) is 205 cm³/mol. The fourth-order valence-electron chi connectivity index (χ4n) is 6.35. The minimum Gasteiger partial charge on any atom is -0.466 e. The molecule has 15 heteroatoms. The van der Waals surface area contributed by atoms with E-state index < -0.39 is 12.1 Å². The number of piperazine rings is 1. The van der Waals surface area contributed by atoms with Crippen molar-refractivity contribution in [2.24, 2.45) is 0 Å². The molecule has 282 valence electrons. The summed E-state index contributed by atoms with van der Waals surface area (Å²) < 4.78 is 5.08. The molecule has 0 bridgehead atoms. The lowest BCUT2D eigenvalue weighted by molar-refractivity contribution is -0.143. The van der Waals surface area contributed by atoms with Gasteiger partial charge in [0.2, 0.25) is 5.91 Å². The summed E-state index contributed by atoms with van der Waals surface area (Å²) >= 11 is 2.80. The first-order chi connectivity index (χ1) is 25.7. The van der Waals surface area contributed by atoms with Gasteiger partial charge in [0, 0.05) is 60.9 Å². The maximum Gasteiger partial charge on any atom is 0.318 e. The minimum atomic E-state index is -1.01. The highest BCUT2D eigenvalue weighted by Gasteiger charge is 2.44. The number of urea groups is 1. The number of carbonyl (C=O) groups excluding carboxylic acids is 5. The molecule has 6 rings (SSSR count). The monoisotopic (exact) mass is 761 g/mol. The summed E-state index contributed by atoms with van der Waals surface area (Å²) in [6.07, 6.45) is 4.10. The first kappa shape index (κ1) is 38.3. The largest absolute Gasteiger partial charge is 0.466 e. The molecule has 3 N–H and O–H groups in total. The van der Waals surface area contributed by atoms with Crippen LogP contribution in [0.15, 0.2) is 60.0 Å². The summed E-state index contributed by atoms with van der Waals surface area (Å²) in [5, 5.41) is 10.8. The Kier molecular flexibility index (Phi) is 13.0. The zero-order chi connectivity index (χ0) is 37.3. The highest BCUT2D eigenvalue weighted by atomic mass is 32.2. The average Bonchev–Trinajstić information content (AvgIpc) is 3.68. The zero-order valence-corrected chi connectivity index (χ0v) is 31.8. The summed E-state index contributed by atoms with van der Waals surface area (Å²) in [4.78, 5) is 76.9. The summed E-state index contributed by atoms with van der Waals surface area (Å²) in [5.74, 6) is -0.735. The van der Waals surface area contributed by atoms with Gasteiger partial charge in [-0.25, -0.2) is 9.78 Å². The molecule has 1 aliphatic carbocycles. The number of benzene rings is 2. The molecule has 53 heavy (non-hydrogen) atoms. The Morgan fingerprint density at radius 3 is 2.40 bits per heavy atom. The second-order valence-corrected chi connectivity index (χ2v) is 15.6. The molecule has 1 unspecified atom stereocenters. The molecule has 2 aromatic carbocycles. The van der Waals surface area contributed by atoms with Gasteiger partial charge < -0.3 is 35.4 Å². The minimum absolute atomic E-state index is 0.0930. The SMILES string of the molecule is CCOC(=O)CCCCC1SC[C@@H](C(=O)Nc2nc(-c3ccc(C(=O)NC4CC4)cc3)cs2)N1C(=O)[C@H](NC(=O)N1CCN(C)CC1)c1ccccc1. The normalized spacial score (nSPS) is 19.4. The third-order valence-corrected chi connectivity index (χ3v) is 11.7. The number of amides is 5. The quantitative estimate of drug-likeness (QED) is 0.156. The number of nitrogens with one attached hydrogen (secondary N) is 3. The average molecular weight is 762 g/mol. The van der Waals surface area contributed by atoms with Gasteiger partial charge in [-0.2, -0.15) is 0 Å². The Balaban J connectivity index is 1.18. The van der Waals surface area contributed by atoms with Crippen molar-refractivity contribution in [2.45, 2.75) is 68.9 Å². The highest BCUT2D eigenvalue weighted by molar-refractivity contribution is 8.00. The molecule has 3 heterocycles. The summed E-state index contributed by atoms with van der Waals surface area (Å²) in [5.41, 5.74) is 2.67. The highest BCUT2D eigenvalue weighted by Crippen LogP contribution is 2.36. The summed E-state index contributed by atoms with van der Waals surface area (Å²) in [6, 6.07) is 14.4. The molecule has 5 amide bonds. The summed E-state index contributed by atoms with van der Waals surface area (Å²) in [6.45, 7) is 4.65. The molecular weight excluding hydrogens is 715 g/mol. The van der Waals surface area contributed by atoms with E-state index in [-0.39, 0.29) is 47.6 Å². The number of anilines is 1. The molecule has 3 fully saturated rings. The number of esters is 1. The Labute approximate surface area is 318 Å². The Hall–Kier alpha value is -4.47. The molecule has 3 aliphatic rings. The van der Waals surface area contributed by atoms with Gasteiger partial charge in [-0.05, 0) is 63.8 Å². The molecule has 2 saturated heterocycles. The number of nitrogens with zero attached hydrogens (tertiary/aromatic N) is 4. The smallest absolute Gasteiger partial charge is 0.318 e. The number of carbonyl (C=O) groups is 5. The van der Waals surface area contributed by atoms with Crippen LogP contribution in [0.3, 0.4) is 0 Å². The number of likely N-dealkylation sites (N-methyl/N-ethyl adjacent to an activating group) is 1. The van der Waals surface area contributed by atoms with Crippen molar-refractivity contribution < 1.29 is 28.7 Å². The fourth-order valence-corrected chi connectivity index (χ4v) is 8.54. The number of rotatable bonds is 14. The van der Waals surface area contributed by atoms with Gasteiger partial charge in [-0.15, -0.1) is 23.1 Å². The number of hydrogen-bond acceptors (Lipinski definition) is 10. The van der Waals surface area contributed by atoms with E-state index >= 15 is 0 Å².